The van der Waals surface area contributed by atoms with E-state index in [1.54, 1.807) is 17.0 Å². The molecule has 2 atom stereocenters. The zero-order chi connectivity index (χ0) is 21.6. The van der Waals surface area contributed by atoms with Crippen LogP contribution < -0.4 is 4.90 Å². The number of fused-ring (bicyclic) bond motifs is 3. The number of pyridine rings is 2. The van der Waals surface area contributed by atoms with Gasteiger partial charge in [0.05, 0.1) is 23.2 Å². The number of allylic oxidation sites excluding steroid dienone is 1. The maximum atomic E-state index is 14.7. The summed E-state index contributed by atoms with van der Waals surface area (Å²) in [6.07, 6.45) is 6.74. The number of piperidine rings is 1. The van der Waals surface area contributed by atoms with Gasteiger partial charge in [0.25, 0.3) is 5.92 Å². The minimum atomic E-state index is -3.36. The summed E-state index contributed by atoms with van der Waals surface area (Å²) in [5, 5.41) is 12.8. The summed E-state index contributed by atoms with van der Waals surface area (Å²) < 4.78 is 30.8. The largest absolute Gasteiger partial charge is 0.347 e. The van der Waals surface area contributed by atoms with Crippen LogP contribution in [0.25, 0.3) is 5.65 Å². The maximum absolute atomic E-state index is 14.7. The second-order valence-electron chi connectivity index (χ2n) is 7.62. The Balaban J connectivity index is 1.27. The number of piperazine rings is 1. The first kappa shape index (κ1) is 19.1. The van der Waals surface area contributed by atoms with Crippen molar-refractivity contribution >= 4 is 17.4 Å². The predicted octanol–water partition coefficient (Wildman–Crippen LogP) is 2.13. The van der Waals surface area contributed by atoms with Gasteiger partial charge in [-0.05, 0) is 36.8 Å². The van der Waals surface area contributed by atoms with Gasteiger partial charge in [0.1, 0.15) is 18.2 Å². The second kappa shape index (κ2) is 7.12. The molecule has 0 spiro atoms. The van der Waals surface area contributed by atoms with Crippen LogP contribution in [0, 0.1) is 11.3 Å². The van der Waals surface area contributed by atoms with E-state index in [2.05, 4.69) is 20.0 Å². The number of aromatic nitrogens is 4. The Morgan fingerprint density at radius 2 is 2.03 bits per heavy atom. The Kier molecular flexibility index (Phi) is 4.39. The highest BCUT2D eigenvalue weighted by Crippen LogP contribution is 2.36. The average molecular weight is 421 g/mol. The zero-order valence-electron chi connectivity index (χ0n) is 16.3. The summed E-state index contributed by atoms with van der Waals surface area (Å²) in [7, 11) is 0. The van der Waals surface area contributed by atoms with Crippen molar-refractivity contribution < 1.29 is 13.6 Å². The third-order valence-corrected chi connectivity index (χ3v) is 5.74. The lowest BCUT2D eigenvalue weighted by Gasteiger charge is -2.56. The summed E-state index contributed by atoms with van der Waals surface area (Å²) >= 11 is 0. The number of alkyl halides is 2. The number of nitrogens with zero attached hydrogens (tertiary/aromatic N) is 7. The van der Waals surface area contributed by atoms with Crippen LogP contribution in [0.15, 0.2) is 55.1 Å². The molecule has 0 aromatic carbocycles. The van der Waals surface area contributed by atoms with E-state index < -0.39 is 11.8 Å². The number of nitriles is 1. The first-order valence-electron chi connectivity index (χ1n) is 9.75. The number of halogens is 2. The minimum absolute atomic E-state index is 0.0503. The van der Waals surface area contributed by atoms with Gasteiger partial charge in [-0.1, -0.05) is 0 Å². The Bertz CT molecular complexity index is 1200. The molecule has 3 fully saturated rings. The quantitative estimate of drug-likeness (QED) is 0.600. The number of anilines is 1. The lowest BCUT2D eigenvalue weighted by Crippen LogP contribution is -2.69. The van der Waals surface area contributed by atoms with E-state index >= 15 is 0 Å². The third-order valence-electron chi connectivity index (χ3n) is 5.74. The number of carbonyl (C=O) groups is 1. The third kappa shape index (κ3) is 3.28. The average Bonchev–Trinajstić information content (AvgIpc) is 3.27. The molecule has 2 bridgehead atoms. The lowest BCUT2D eigenvalue weighted by atomic mass is 9.87. The van der Waals surface area contributed by atoms with Gasteiger partial charge in [-0.15, -0.1) is 0 Å². The standard InChI is InChI=1S/C21H17F2N7O/c22-21(23,17-2-1-7-29-20(17)26-13-27-29)6-5-19(31)28-11-15-8-16(12-28)30(15)18-4-3-14(9-24)10-25-18/h1-7,10,13,15-16H,8,11-12H2/b6-5+. The van der Waals surface area contributed by atoms with Crippen molar-refractivity contribution in [2.24, 2.45) is 0 Å². The molecule has 31 heavy (non-hydrogen) atoms. The first-order valence-corrected chi connectivity index (χ1v) is 9.75. The fourth-order valence-corrected chi connectivity index (χ4v) is 4.25. The smallest absolute Gasteiger partial charge is 0.295 e. The van der Waals surface area contributed by atoms with Crippen molar-refractivity contribution in [2.45, 2.75) is 24.4 Å². The van der Waals surface area contributed by atoms with E-state index in [4.69, 9.17) is 5.26 Å². The molecule has 156 valence electrons. The van der Waals surface area contributed by atoms with Gasteiger partial charge in [0.15, 0.2) is 5.65 Å². The van der Waals surface area contributed by atoms with Gasteiger partial charge >= 0.3 is 0 Å². The molecule has 2 unspecified atom stereocenters. The Hall–Kier alpha value is -3.87. The van der Waals surface area contributed by atoms with Gasteiger partial charge in [-0.25, -0.2) is 14.5 Å². The summed E-state index contributed by atoms with van der Waals surface area (Å²) in [5.41, 5.74) is 0.226. The molecule has 0 aliphatic carbocycles. The van der Waals surface area contributed by atoms with Crippen LogP contribution in [-0.4, -0.2) is 55.6 Å². The molecular weight excluding hydrogens is 404 g/mol. The fourth-order valence-electron chi connectivity index (χ4n) is 4.25. The Morgan fingerprint density at radius 1 is 1.23 bits per heavy atom. The van der Waals surface area contributed by atoms with Crippen LogP contribution in [0.2, 0.25) is 0 Å². The molecule has 3 aromatic heterocycles. The van der Waals surface area contributed by atoms with Crippen molar-refractivity contribution in [3.63, 3.8) is 0 Å². The molecule has 3 aliphatic rings. The highest BCUT2D eigenvalue weighted by Gasteiger charge is 2.46. The van der Waals surface area contributed by atoms with Crippen LogP contribution in [0.1, 0.15) is 17.5 Å². The molecule has 1 amide bonds. The van der Waals surface area contributed by atoms with E-state index in [-0.39, 0.29) is 23.3 Å². The first-order chi connectivity index (χ1) is 15.0. The summed E-state index contributed by atoms with van der Waals surface area (Å²) in [6, 6.07) is 8.44. The number of carbonyl (C=O) groups excluding carboxylic acids is 1. The molecule has 0 saturated carbocycles. The monoisotopic (exact) mass is 421 g/mol. The molecular formula is C21H17F2N7O. The van der Waals surface area contributed by atoms with Crippen LogP contribution >= 0.6 is 0 Å². The summed E-state index contributed by atoms with van der Waals surface area (Å²) in [4.78, 5) is 24.5. The van der Waals surface area contributed by atoms with Gasteiger partial charge in [-0.3, -0.25) is 4.79 Å². The molecule has 3 aromatic rings. The van der Waals surface area contributed by atoms with Gasteiger partial charge in [0, 0.05) is 31.6 Å². The Morgan fingerprint density at radius 3 is 2.74 bits per heavy atom. The van der Waals surface area contributed by atoms with Gasteiger partial charge in [-0.2, -0.15) is 19.1 Å². The number of hydrogen-bond donors (Lipinski definition) is 0. The van der Waals surface area contributed by atoms with E-state index in [1.165, 1.54) is 35.4 Å². The van der Waals surface area contributed by atoms with E-state index in [0.717, 1.165) is 18.3 Å². The summed E-state index contributed by atoms with van der Waals surface area (Å²) in [6.45, 7) is 0.874. The van der Waals surface area contributed by atoms with Crippen LogP contribution in [-0.2, 0) is 10.7 Å². The molecule has 0 radical (unpaired) electrons. The molecule has 3 saturated heterocycles. The fraction of sp³-hybridized carbons (Fsp3) is 0.286. The van der Waals surface area contributed by atoms with Crippen LogP contribution in [0.4, 0.5) is 14.6 Å². The van der Waals surface area contributed by atoms with Crippen LogP contribution in [0.5, 0.6) is 0 Å². The van der Waals surface area contributed by atoms with Gasteiger partial charge < -0.3 is 9.80 Å². The molecule has 10 heteroatoms. The number of amides is 1. The van der Waals surface area contributed by atoms with Crippen LogP contribution in [0.3, 0.4) is 0 Å². The minimum Gasteiger partial charge on any atom is -0.347 e. The Labute approximate surface area is 176 Å². The topological polar surface area (TPSA) is 90.4 Å². The maximum Gasteiger partial charge on any atom is 0.295 e. The molecule has 6 rings (SSSR count). The molecule has 6 heterocycles. The highest BCUT2D eigenvalue weighted by atomic mass is 19.3. The van der Waals surface area contributed by atoms with E-state index in [9.17, 15) is 13.6 Å². The van der Waals surface area contributed by atoms with Gasteiger partial charge in [0.2, 0.25) is 5.91 Å². The predicted molar refractivity (Wildman–Crippen MR) is 106 cm³/mol. The van der Waals surface area contributed by atoms with Crippen molar-refractivity contribution in [2.75, 3.05) is 18.0 Å². The molecule has 8 nitrogen and oxygen atoms in total. The number of rotatable bonds is 4. The van der Waals surface area contributed by atoms with E-state index in [0.29, 0.717) is 24.7 Å². The van der Waals surface area contributed by atoms with Crippen molar-refractivity contribution in [3.05, 3.63) is 66.3 Å². The molecule has 0 N–H and O–H groups in total. The van der Waals surface area contributed by atoms with E-state index in [1.807, 2.05) is 6.07 Å². The normalized spacial score (nSPS) is 20.7. The lowest BCUT2D eigenvalue weighted by molar-refractivity contribution is -0.129. The number of hydrogen-bond acceptors (Lipinski definition) is 6. The van der Waals surface area contributed by atoms with Crippen molar-refractivity contribution in [1.82, 2.24) is 24.5 Å². The highest BCUT2D eigenvalue weighted by molar-refractivity contribution is 5.88. The van der Waals surface area contributed by atoms with Crippen molar-refractivity contribution in [3.8, 4) is 6.07 Å². The molecule has 3 aliphatic heterocycles. The second-order valence-corrected chi connectivity index (χ2v) is 7.62. The SMILES string of the molecule is N#Cc1ccc(N2C3CC2CN(C(=O)/C=C/C(F)(F)c2cccn4ncnc24)C3)nc1. The summed E-state index contributed by atoms with van der Waals surface area (Å²) in [5.74, 6) is -3.05. The zero-order valence-corrected chi connectivity index (χ0v) is 16.3. The van der Waals surface area contributed by atoms with Crippen molar-refractivity contribution in [1.29, 1.82) is 5.26 Å².